The molecule has 94 valence electrons. The van der Waals surface area contributed by atoms with Crippen LogP contribution in [0.25, 0.3) is 0 Å². The van der Waals surface area contributed by atoms with Crippen molar-refractivity contribution in [2.24, 2.45) is 0 Å². The fourth-order valence-corrected chi connectivity index (χ4v) is 2.62. The summed E-state index contributed by atoms with van der Waals surface area (Å²) in [6, 6.07) is 6.92. The smallest absolute Gasteiger partial charge is 0.0643 e. The molecule has 0 atom stereocenters. The summed E-state index contributed by atoms with van der Waals surface area (Å²) < 4.78 is 0. The standard InChI is InChI=1S/C14H21ClN2/c1-3-9-17(12-7-8-12)14-11(10-16-2)5-4-6-13(14)15/h4-6,12,16H,3,7-10H2,1-2H3. The van der Waals surface area contributed by atoms with Gasteiger partial charge in [-0.25, -0.2) is 0 Å². The fraction of sp³-hybridized carbons (Fsp3) is 0.571. The molecule has 1 aromatic carbocycles. The van der Waals surface area contributed by atoms with E-state index in [9.17, 15) is 0 Å². The second-order valence-corrected chi connectivity index (χ2v) is 5.11. The Balaban J connectivity index is 2.32. The Hall–Kier alpha value is -0.730. The van der Waals surface area contributed by atoms with Crippen LogP contribution in [0.1, 0.15) is 31.7 Å². The minimum absolute atomic E-state index is 0.713. The molecule has 3 heteroatoms. The van der Waals surface area contributed by atoms with Crippen molar-refractivity contribution < 1.29 is 0 Å². The number of nitrogens with zero attached hydrogens (tertiary/aromatic N) is 1. The first-order valence-corrected chi connectivity index (χ1v) is 6.84. The third kappa shape index (κ3) is 2.93. The molecule has 2 rings (SSSR count). The van der Waals surface area contributed by atoms with Crippen molar-refractivity contribution in [3.8, 4) is 0 Å². The summed E-state index contributed by atoms with van der Waals surface area (Å²) in [6.07, 6.45) is 3.79. The van der Waals surface area contributed by atoms with Crippen LogP contribution in [0.3, 0.4) is 0 Å². The van der Waals surface area contributed by atoms with Gasteiger partial charge in [0.05, 0.1) is 10.7 Å². The second kappa shape index (κ2) is 5.74. The third-order valence-corrected chi connectivity index (χ3v) is 3.48. The first-order valence-electron chi connectivity index (χ1n) is 6.46. The summed E-state index contributed by atoms with van der Waals surface area (Å²) in [7, 11) is 1.98. The summed E-state index contributed by atoms with van der Waals surface area (Å²) in [4.78, 5) is 2.50. The lowest BCUT2D eigenvalue weighted by atomic mass is 10.1. The van der Waals surface area contributed by atoms with E-state index in [1.807, 2.05) is 19.2 Å². The molecule has 0 aromatic heterocycles. The number of hydrogen-bond donors (Lipinski definition) is 1. The molecule has 0 radical (unpaired) electrons. The highest BCUT2D eigenvalue weighted by Crippen LogP contribution is 2.38. The van der Waals surface area contributed by atoms with Crippen LogP contribution < -0.4 is 10.2 Å². The molecular weight excluding hydrogens is 232 g/mol. The average Bonchev–Trinajstić information content (AvgIpc) is 3.12. The molecule has 0 bridgehead atoms. The largest absolute Gasteiger partial charge is 0.367 e. The van der Waals surface area contributed by atoms with Gasteiger partial charge in [-0.05, 0) is 37.9 Å². The van der Waals surface area contributed by atoms with Crippen molar-refractivity contribution in [1.29, 1.82) is 0 Å². The Kier molecular flexibility index (Phi) is 4.30. The number of anilines is 1. The number of nitrogens with one attached hydrogen (secondary N) is 1. The normalized spacial score (nSPS) is 15.0. The Labute approximate surface area is 109 Å². The van der Waals surface area contributed by atoms with Crippen LogP contribution >= 0.6 is 11.6 Å². The quantitative estimate of drug-likeness (QED) is 0.835. The van der Waals surface area contributed by atoms with Gasteiger partial charge in [0.2, 0.25) is 0 Å². The molecule has 1 aliphatic rings. The molecule has 17 heavy (non-hydrogen) atoms. The third-order valence-electron chi connectivity index (χ3n) is 3.18. The van der Waals surface area contributed by atoms with E-state index in [1.165, 1.54) is 30.5 Å². The van der Waals surface area contributed by atoms with Crippen LogP contribution in [-0.4, -0.2) is 19.6 Å². The number of benzene rings is 1. The molecule has 1 saturated carbocycles. The minimum Gasteiger partial charge on any atom is -0.367 e. The molecule has 1 aromatic rings. The maximum Gasteiger partial charge on any atom is 0.0643 e. The van der Waals surface area contributed by atoms with Gasteiger partial charge in [-0.2, -0.15) is 0 Å². The van der Waals surface area contributed by atoms with Gasteiger partial charge in [0.25, 0.3) is 0 Å². The molecule has 0 aliphatic heterocycles. The van der Waals surface area contributed by atoms with E-state index in [0.717, 1.165) is 18.1 Å². The van der Waals surface area contributed by atoms with Crippen molar-refractivity contribution in [2.45, 2.75) is 38.8 Å². The van der Waals surface area contributed by atoms with E-state index in [-0.39, 0.29) is 0 Å². The lowest BCUT2D eigenvalue weighted by Crippen LogP contribution is -2.28. The minimum atomic E-state index is 0.713. The second-order valence-electron chi connectivity index (χ2n) is 4.70. The summed E-state index contributed by atoms with van der Waals surface area (Å²) in [5.41, 5.74) is 2.55. The molecule has 1 N–H and O–H groups in total. The molecule has 1 fully saturated rings. The average molecular weight is 253 g/mol. The summed E-state index contributed by atoms with van der Waals surface area (Å²) in [6.45, 7) is 4.21. The lowest BCUT2D eigenvalue weighted by molar-refractivity contribution is 0.745. The van der Waals surface area contributed by atoms with Crippen molar-refractivity contribution >= 4 is 17.3 Å². The topological polar surface area (TPSA) is 15.3 Å². The molecule has 2 nitrogen and oxygen atoms in total. The van der Waals surface area contributed by atoms with Crippen molar-refractivity contribution in [3.63, 3.8) is 0 Å². The van der Waals surface area contributed by atoms with E-state index in [1.54, 1.807) is 0 Å². The van der Waals surface area contributed by atoms with E-state index in [4.69, 9.17) is 11.6 Å². The van der Waals surface area contributed by atoms with E-state index in [2.05, 4.69) is 23.2 Å². The molecule has 1 aliphatic carbocycles. The maximum absolute atomic E-state index is 6.40. The zero-order valence-electron chi connectivity index (χ0n) is 10.7. The molecule has 0 unspecified atom stereocenters. The van der Waals surface area contributed by atoms with Crippen LogP contribution in [0.4, 0.5) is 5.69 Å². The number of rotatable bonds is 6. The highest BCUT2D eigenvalue weighted by Gasteiger charge is 2.30. The van der Waals surface area contributed by atoms with Gasteiger partial charge >= 0.3 is 0 Å². The van der Waals surface area contributed by atoms with Gasteiger partial charge in [-0.15, -0.1) is 0 Å². The van der Waals surface area contributed by atoms with Gasteiger partial charge in [0.1, 0.15) is 0 Å². The van der Waals surface area contributed by atoms with E-state index >= 15 is 0 Å². The van der Waals surface area contributed by atoms with Crippen LogP contribution in [0.5, 0.6) is 0 Å². The predicted molar refractivity (Wildman–Crippen MR) is 74.9 cm³/mol. The number of halogens is 1. The zero-order valence-corrected chi connectivity index (χ0v) is 11.4. The van der Waals surface area contributed by atoms with Crippen LogP contribution in [-0.2, 0) is 6.54 Å². The van der Waals surface area contributed by atoms with Gasteiger partial charge in [-0.3, -0.25) is 0 Å². The predicted octanol–water partition coefficient (Wildman–Crippen LogP) is 3.44. The van der Waals surface area contributed by atoms with Gasteiger partial charge in [0, 0.05) is 19.1 Å². The zero-order chi connectivity index (χ0) is 12.3. The molecular formula is C14H21ClN2. The molecule has 0 heterocycles. The Bertz CT molecular complexity index is 374. The van der Waals surface area contributed by atoms with Crippen molar-refractivity contribution in [1.82, 2.24) is 5.32 Å². The summed E-state index contributed by atoms with van der Waals surface area (Å²) in [5, 5.41) is 4.11. The van der Waals surface area contributed by atoms with E-state index < -0.39 is 0 Å². The highest BCUT2D eigenvalue weighted by atomic mass is 35.5. The summed E-state index contributed by atoms with van der Waals surface area (Å²) in [5.74, 6) is 0. The van der Waals surface area contributed by atoms with Gasteiger partial charge in [0.15, 0.2) is 0 Å². The van der Waals surface area contributed by atoms with Crippen LogP contribution in [0.2, 0.25) is 5.02 Å². The molecule has 0 spiro atoms. The number of para-hydroxylation sites is 1. The summed E-state index contributed by atoms with van der Waals surface area (Å²) >= 11 is 6.40. The maximum atomic E-state index is 6.40. The Morgan fingerprint density at radius 3 is 2.76 bits per heavy atom. The van der Waals surface area contributed by atoms with Crippen molar-refractivity contribution in [3.05, 3.63) is 28.8 Å². The van der Waals surface area contributed by atoms with Crippen LogP contribution in [0.15, 0.2) is 18.2 Å². The molecule has 0 saturated heterocycles. The van der Waals surface area contributed by atoms with Gasteiger partial charge < -0.3 is 10.2 Å². The highest BCUT2D eigenvalue weighted by molar-refractivity contribution is 6.33. The van der Waals surface area contributed by atoms with Crippen LogP contribution in [0, 0.1) is 0 Å². The SMILES string of the molecule is CCCN(c1c(Cl)cccc1CNC)C1CC1. The first-order chi connectivity index (χ1) is 8.27. The lowest BCUT2D eigenvalue weighted by Gasteiger charge is -2.27. The first kappa shape index (κ1) is 12.7. The van der Waals surface area contributed by atoms with Gasteiger partial charge in [-0.1, -0.05) is 30.7 Å². The monoisotopic (exact) mass is 252 g/mol. The molecule has 0 amide bonds. The van der Waals surface area contributed by atoms with E-state index in [0.29, 0.717) is 6.04 Å². The fourth-order valence-electron chi connectivity index (χ4n) is 2.32. The number of hydrogen-bond acceptors (Lipinski definition) is 2. The Morgan fingerprint density at radius 1 is 1.41 bits per heavy atom. The van der Waals surface area contributed by atoms with Crippen molar-refractivity contribution in [2.75, 3.05) is 18.5 Å². The Morgan fingerprint density at radius 2 is 2.18 bits per heavy atom.